The van der Waals surface area contributed by atoms with Crippen LogP contribution in [0.5, 0.6) is 5.75 Å². The summed E-state index contributed by atoms with van der Waals surface area (Å²) < 4.78 is 5.73. The van der Waals surface area contributed by atoms with Gasteiger partial charge in [0.15, 0.2) is 0 Å². The van der Waals surface area contributed by atoms with Crippen molar-refractivity contribution in [1.82, 2.24) is 15.4 Å². The SMILES string of the molecule is Cc1nc(-c2ccc(OCC(C)C)c(C#N)c2)sc1C(=O)NN1CCC(C)CC1. The lowest BCUT2D eigenvalue weighted by molar-refractivity contribution is 0.0715. The standard InChI is InChI=1S/C22H28N4O2S/c1-14(2)13-28-19-6-5-17(11-18(19)12-23)22-24-16(4)20(29-22)21(27)25-26-9-7-15(3)8-10-26/h5-6,11,14-15H,7-10,13H2,1-4H3,(H,25,27). The Kier molecular flexibility index (Phi) is 6.88. The molecular weight excluding hydrogens is 384 g/mol. The molecule has 154 valence electrons. The van der Waals surface area contributed by atoms with Crippen LogP contribution in [0.1, 0.15) is 54.5 Å². The van der Waals surface area contributed by atoms with Gasteiger partial charge in [-0.1, -0.05) is 20.8 Å². The van der Waals surface area contributed by atoms with Crippen molar-refractivity contribution >= 4 is 17.2 Å². The fourth-order valence-corrected chi connectivity index (χ4v) is 4.13. The smallest absolute Gasteiger partial charge is 0.277 e. The van der Waals surface area contributed by atoms with E-state index in [0.717, 1.165) is 36.5 Å². The van der Waals surface area contributed by atoms with Gasteiger partial charge in [0.2, 0.25) is 0 Å². The summed E-state index contributed by atoms with van der Waals surface area (Å²) in [6, 6.07) is 7.68. The van der Waals surface area contributed by atoms with Crippen molar-refractivity contribution in [2.24, 2.45) is 11.8 Å². The number of nitrogens with one attached hydrogen (secondary N) is 1. The molecule has 0 unspecified atom stereocenters. The molecule has 7 heteroatoms. The highest BCUT2D eigenvalue weighted by Crippen LogP contribution is 2.31. The molecule has 0 atom stereocenters. The third kappa shape index (κ3) is 5.34. The van der Waals surface area contributed by atoms with Gasteiger partial charge in [-0.3, -0.25) is 10.2 Å². The number of aryl methyl sites for hydroxylation is 1. The summed E-state index contributed by atoms with van der Waals surface area (Å²) in [4.78, 5) is 17.9. The van der Waals surface area contributed by atoms with Crippen LogP contribution in [0.2, 0.25) is 0 Å². The molecule has 0 saturated carbocycles. The van der Waals surface area contributed by atoms with E-state index in [4.69, 9.17) is 4.74 Å². The van der Waals surface area contributed by atoms with Crippen molar-refractivity contribution in [3.8, 4) is 22.4 Å². The van der Waals surface area contributed by atoms with E-state index in [0.29, 0.717) is 40.3 Å². The van der Waals surface area contributed by atoms with Gasteiger partial charge in [-0.05, 0) is 49.8 Å². The number of hydrogen-bond acceptors (Lipinski definition) is 6. The van der Waals surface area contributed by atoms with Crippen LogP contribution in [0.15, 0.2) is 18.2 Å². The molecule has 1 saturated heterocycles. The van der Waals surface area contributed by atoms with Gasteiger partial charge in [0, 0.05) is 18.7 Å². The highest BCUT2D eigenvalue weighted by molar-refractivity contribution is 7.17. The number of nitrogens with zero attached hydrogens (tertiary/aromatic N) is 3. The fourth-order valence-electron chi connectivity index (χ4n) is 3.18. The Morgan fingerprint density at radius 1 is 1.41 bits per heavy atom. The average Bonchev–Trinajstić information content (AvgIpc) is 3.09. The molecule has 1 N–H and O–H groups in total. The lowest BCUT2D eigenvalue weighted by Crippen LogP contribution is -2.46. The molecule has 0 radical (unpaired) electrons. The Morgan fingerprint density at radius 3 is 2.79 bits per heavy atom. The number of amides is 1. The summed E-state index contributed by atoms with van der Waals surface area (Å²) in [5.74, 6) is 1.56. The number of carbonyl (C=O) groups is 1. The van der Waals surface area contributed by atoms with Crippen LogP contribution in [0, 0.1) is 30.1 Å². The summed E-state index contributed by atoms with van der Waals surface area (Å²) in [7, 11) is 0. The van der Waals surface area contributed by atoms with E-state index in [1.807, 2.05) is 24.1 Å². The van der Waals surface area contributed by atoms with Gasteiger partial charge < -0.3 is 4.74 Å². The van der Waals surface area contributed by atoms with Crippen LogP contribution in [0.3, 0.4) is 0 Å². The van der Waals surface area contributed by atoms with E-state index < -0.39 is 0 Å². The number of aromatic nitrogens is 1. The Hall–Kier alpha value is -2.43. The van der Waals surface area contributed by atoms with Crippen molar-refractivity contribution in [2.45, 2.75) is 40.5 Å². The van der Waals surface area contributed by atoms with Crippen LogP contribution in [0.4, 0.5) is 0 Å². The van der Waals surface area contributed by atoms with Crippen LogP contribution in [-0.2, 0) is 0 Å². The second-order valence-corrected chi connectivity index (χ2v) is 9.07. The van der Waals surface area contributed by atoms with Crippen molar-refractivity contribution in [3.05, 3.63) is 34.3 Å². The zero-order chi connectivity index (χ0) is 21.0. The van der Waals surface area contributed by atoms with Crippen molar-refractivity contribution in [2.75, 3.05) is 19.7 Å². The number of nitriles is 1. The van der Waals surface area contributed by atoms with Crippen LogP contribution >= 0.6 is 11.3 Å². The maximum Gasteiger partial charge on any atom is 0.277 e. The Bertz CT molecular complexity index is 908. The van der Waals surface area contributed by atoms with E-state index in [1.165, 1.54) is 11.3 Å². The fraction of sp³-hybridized carbons (Fsp3) is 0.500. The minimum Gasteiger partial charge on any atom is -0.492 e. The topological polar surface area (TPSA) is 78.2 Å². The molecule has 2 heterocycles. The van der Waals surface area contributed by atoms with Crippen LogP contribution in [0.25, 0.3) is 10.6 Å². The Morgan fingerprint density at radius 2 is 2.14 bits per heavy atom. The maximum atomic E-state index is 12.7. The molecule has 1 aromatic carbocycles. The number of carbonyl (C=O) groups excluding carboxylic acids is 1. The Labute approximate surface area is 176 Å². The first-order valence-electron chi connectivity index (χ1n) is 10.1. The third-order valence-corrected chi connectivity index (χ3v) is 6.17. The highest BCUT2D eigenvalue weighted by Gasteiger charge is 2.21. The number of hydrogen-bond donors (Lipinski definition) is 1. The second-order valence-electron chi connectivity index (χ2n) is 8.07. The molecule has 29 heavy (non-hydrogen) atoms. The summed E-state index contributed by atoms with van der Waals surface area (Å²) in [5.41, 5.74) is 5.01. The van der Waals surface area contributed by atoms with Crippen molar-refractivity contribution in [3.63, 3.8) is 0 Å². The van der Waals surface area contributed by atoms with Gasteiger partial charge >= 0.3 is 0 Å². The van der Waals surface area contributed by atoms with Gasteiger partial charge in [0.25, 0.3) is 5.91 Å². The highest BCUT2D eigenvalue weighted by atomic mass is 32.1. The molecule has 2 aromatic rings. The van der Waals surface area contributed by atoms with E-state index in [2.05, 4.69) is 37.3 Å². The van der Waals surface area contributed by atoms with E-state index in [-0.39, 0.29) is 5.91 Å². The molecule has 1 aliphatic rings. The largest absolute Gasteiger partial charge is 0.492 e. The van der Waals surface area contributed by atoms with Crippen LogP contribution in [-0.4, -0.2) is 35.6 Å². The number of hydrazine groups is 1. The zero-order valence-electron chi connectivity index (χ0n) is 17.5. The van der Waals surface area contributed by atoms with Gasteiger partial charge in [-0.2, -0.15) is 5.26 Å². The minimum atomic E-state index is -0.113. The maximum absolute atomic E-state index is 12.7. The first-order valence-corrected chi connectivity index (χ1v) is 10.9. The first-order chi connectivity index (χ1) is 13.9. The quantitative estimate of drug-likeness (QED) is 0.761. The number of thiazole rings is 1. The number of piperidine rings is 1. The third-order valence-electron chi connectivity index (χ3n) is 4.97. The van der Waals surface area contributed by atoms with E-state index in [1.54, 1.807) is 6.07 Å². The van der Waals surface area contributed by atoms with Crippen molar-refractivity contribution in [1.29, 1.82) is 5.26 Å². The normalized spacial score (nSPS) is 15.3. The van der Waals surface area contributed by atoms with Crippen molar-refractivity contribution < 1.29 is 9.53 Å². The van der Waals surface area contributed by atoms with Gasteiger partial charge in [-0.15, -0.1) is 11.3 Å². The number of rotatable bonds is 6. The van der Waals surface area contributed by atoms with Crippen LogP contribution < -0.4 is 10.2 Å². The molecular formula is C22H28N4O2S. The molecule has 1 aliphatic heterocycles. The van der Waals surface area contributed by atoms with Gasteiger partial charge in [0.05, 0.1) is 17.9 Å². The van der Waals surface area contributed by atoms with Gasteiger partial charge in [-0.25, -0.2) is 9.99 Å². The summed E-state index contributed by atoms with van der Waals surface area (Å²) in [6.07, 6.45) is 2.19. The molecule has 0 aliphatic carbocycles. The summed E-state index contributed by atoms with van der Waals surface area (Å²) in [6.45, 7) is 10.5. The predicted octanol–water partition coefficient (Wildman–Crippen LogP) is 4.40. The average molecular weight is 413 g/mol. The molecule has 0 spiro atoms. The zero-order valence-corrected chi connectivity index (χ0v) is 18.3. The summed E-state index contributed by atoms with van der Waals surface area (Å²) >= 11 is 1.35. The monoisotopic (exact) mass is 412 g/mol. The number of ether oxygens (including phenoxy) is 1. The molecule has 1 aromatic heterocycles. The van der Waals surface area contributed by atoms with Gasteiger partial charge in [0.1, 0.15) is 21.7 Å². The first kappa shape index (κ1) is 21.3. The molecule has 3 rings (SSSR count). The minimum absolute atomic E-state index is 0.113. The predicted molar refractivity (Wildman–Crippen MR) is 115 cm³/mol. The lowest BCUT2D eigenvalue weighted by Gasteiger charge is -2.30. The molecule has 0 bridgehead atoms. The van der Waals surface area contributed by atoms with E-state index in [9.17, 15) is 10.1 Å². The molecule has 6 nitrogen and oxygen atoms in total. The molecule has 1 amide bonds. The number of benzene rings is 1. The molecule has 1 fully saturated rings. The Balaban J connectivity index is 1.75. The second kappa shape index (κ2) is 9.38. The summed E-state index contributed by atoms with van der Waals surface area (Å²) in [5, 5.41) is 12.2. The lowest BCUT2D eigenvalue weighted by atomic mass is 10.0. The van der Waals surface area contributed by atoms with E-state index >= 15 is 0 Å².